The highest BCUT2D eigenvalue weighted by Crippen LogP contribution is 2.21. The van der Waals surface area contributed by atoms with Crippen molar-refractivity contribution in [3.63, 3.8) is 0 Å². The highest BCUT2D eigenvalue weighted by Gasteiger charge is 2.06. The minimum atomic E-state index is -0.00220. The van der Waals surface area contributed by atoms with Gasteiger partial charge in [0.1, 0.15) is 0 Å². The van der Waals surface area contributed by atoms with Gasteiger partial charge in [0.05, 0.1) is 26.5 Å². The molecule has 0 bridgehead atoms. The first kappa shape index (κ1) is 12.1. The van der Waals surface area contributed by atoms with Gasteiger partial charge in [-0.25, -0.2) is 4.98 Å². The number of thiophene rings is 1. The maximum absolute atomic E-state index is 11.9. The Balaban J connectivity index is 2.36. The van der Waals surface area contributed by atoms with Crippen LogP contribution in [0.1, 0.15) is 10.6 Å². The third-order valence-corrected chi connectivity index (χ3v) is 4.57. The van der Waals surface area contributed by atoms with E-state index in [1.165, 1.54) is 11.3 Å². The van der Waals surface area contributed by atoms with Gasteiger partial charge < -0.3 is 0 Å². The van der Waals surface area contributed by atoms with Crippen molar-refractivity contribution in [1.29, 1.82) is 0 Å². The van der Waals surface area contributed by atoms with Crippen LogP contribution >= 0.6 is 45.5 Å². The molecule has 0 spiro atoms. The maximum Gasteiger partial charge on any atom is 0.267 e. The molecule has 0 aromatic carbocycles. The normalized spacial score (nSPS) is 10.7. The average Bonchev–Trinajstić information content (AvgIpc) is 2.65. The number of aromatic nitrogens is 2. The Hall–Kier alpha value is -0.400. The summed E-state index contributed by atoms with van der Waals surface area (Å²) in [5.41, 5.74) is 0.767. The summed E-state index contributed by atoms with van der Waals surface area (Å²) in [7, 11) is 0. The Bertz CT molecular complexity index is 578. The molecule has 0 fully saturated rings. The quantitative estimate of drug-likeness (QED) is 0.766. The van der Waals surface area contributed by atoms with Crippen LogP contribution < -0.4 is 5.56 Å². The first-order valence-electron chi connectivity index (χ1n) is 4.53. The molecule has 0 N–H and O–H groups in total. The molecule has 16 heavy (non-hydrogen) atoms. The van der Waals surface area contributed by atoms with Crippen LogP contribution in [-0.4, -0.2) is 9.55 Å². The van der Waals surface area contributed by atoms with Crippen molar-refractivity contribution in [2.24, 2.45) is 0 Å². The number of hydrogen-bond donors (Lipinski definition) is 0. The first-order valence-corrected chi connectivity index (χ1v) is 6.81. The number of nitrogens with zero attached hydrogens (tertiary/aromatic N) is 2. The predicted octanol–water partition coefficient (Wildman–Crippen LogP) is 2.92. The smallest absolute Gasteiger partial charge is 0.267 e. The SMILES string of the molecule is Cc1ncn(Cc2ccc(Cl)s2)c(=O)c1I. The molecule has 0 aliphatic rings. The van der Waals surface area contributed by atoms with Crippen molar-refractivity contribution >= 4 is 45.5 Å². The van der Waals surface area contributed by atoms with Crippen molar-refractivity contribution in [3.05, 3.63) is 47.3 Å². The molecule has 0 atom stereocenters. The number of aryl methyl sites for hydroxylation is 1. The highest BCUT2D eigenvalue weighted by molar-refractivity contribution is 14.1. The van der Waals surface area contributed by atoms with E-state index in [9.17, 15) is 4.79 Å². The molecular weight excluding hydrogens is 359 g/mol. The summed E-state index contributed by atoms with van der Waals surface area (Å²) in [5.74, 6) is 0. The van der Waals surface area contributed by atoms with Crippen molar-refractivity contribution in [3.8, 4) is 0 Å². The fourth-order valence-corrected chi connectivity index (χ4v) is 2.80. The molecule has 3 nitrogen and oxygen atoms in total. The summed E-state index contributed by atoms with van der Waals surface area (Å²) in [4.78, 5) is 17.1. The minimum absolute atomic E-state index is 0.00220. The van der Waals surface area contributed by atoms with E-state index in [-0.39, 0.29) is 5.56 Å². The second-order valence-corrected chi connectivity index (χ2v) is 6.16. The van der Waals surface area contributed by atoms with Gasteiger partial charge in [-0.1, -0.05) is 11.6 Å². The van der Waals surface area contributed by atoms with Crippen LogP contribution in [0.5, 0.6) is 0 Å². The van der Waals surface area contributed by atoms with Gasteiger partial charge in [-0.15, -0.1) is 11.3 Å². The lowest BCUT2D eigenvalue weighted by Gasteiger charge is -2.04. The van der Waals surface area contributed by atoms with E-state index in [0.717, 1.165) is 14.9 Å². The van der Waals surface area contributed by atoms with E-state index in [1.54, 1.807) is 10.9 Å². The zero-order valence-corrected chi connectivity index (χ0v) is 12.1. The van der Waals surface area contributed by atoms with Gasteiger partial charge in [0.25, 0.3) is 5.56 Å². The monoisotopic (exact) mass is 366 g/mol. The Labute approximate surface area is 115 Å². The summed E-state index contributed by atoms with van der Waals surface area (Å²) in [6.45, 7) is 2.36. The van der Waals surface area contributed by atoms with Crippen LogP contribution in [0.15, 0.2) is 23.3 Å². The predicted molar refractivity (Wildman–Crippen MR) is 74.4 cm³/mol. The zero-order valence-electron chi connectivity index (χ0n) is 8.41. The molecule has 2 aromatic rings. The third-order valence-electron chi connectivity index (χ3n) is 2.11. The molecule has 0 aliphatic heterocycles. The summed E-state index contributed by atoms with van der Waals surface area (Å²) in [6.07, 6.45) is 1.58. The Morgan fingerprint density at radius 1 is 1.56 bits per heavy atom. The Morgan fingerprint density at radius 3 is 2.94 bits per heavy atom. The van der Waals surface area contributed by atoms with E-state index >= 15 is 0 Å². The average molecular weight is 367 g/mol. The van der Waals surface area contributed by atoms with E-state index in [0.29, 0.717) is 10.1 Å². The van der Waals surface area contributed by atoms with Crippen LogP contribution in [0.3, 0.4) is 0 Å². The Morgan fingerprint density at radius 2 is 2.31 bits per heavy atom. The molecular formula is C10H8ClIN2OS. The van der Waals surface area contributed by atoms with Crippen LogP contribution in [0.25, 0.3) is 0 Å². The molecule has 0 aliphatic carbocycles. The third kappa shape index (κ3) is 2.46. The second-order valence-electron chi connectivity index (χ2n) is 3.28. The highest BCUT2D eigenvalue weighted by atomic mass is 127. The maximum atomic E-state index is 11.9. The second kappa shape index (κ2) is 4.85. The van der Waals surface area contributed by atoms with Crippen molar-refractivity contribution < 1.29 is 0 Å². The zero-order chi connectivity index (χ0) is 11.7. The van der Waals surface area contributed by atoms with Gasteiger partial charge in [-0.2, -0.15) is 0 Å². The molecule has 2 heterocycles. The summed E-state index contributed by atoms with van der Waals surface area (Å²) < 4.78 is 3.00. The fraction of sp³-hybridized carbons (Fsp3) is 0.200. The number of rotatable bonds is 2. The summed E-state index contributed by atoms with van der Waals surface area (Å²) in [6, 6.07) is 3.76. The van der Waals surface area contributed by atoms with E-state index in [2.05, 4.69) is 4.98 Å². The number of hydrogen-bond acceptors (Lipinski definition) is 3. The fourth-order valence-electron chi connectivity index (χ4n) is 1.26. The molecule has 84 valence electrons. The van der Waals surface area contributed by atoms with Crippen LogP contribution in [0.2, 0.25) is 4.34 Å². The lowest BCUT2D eigenvalue weighted by Crippen LogP contribution is -2.24. The summed E-state index contributed by atoms with van der Waals surface area (Å²) in [5, 5.41) is 0. The molecule has 2 aromatic heterocycles. The molecule has 0 unspecified atom stereocenters. The lowest BCUT2D eigenvalue weighted by molar-refractivity contribution is 0.732. The van der Waals surface area contributed by atoms with Gasteiger partial charge >= 0.3 is 0 Å². The van der Waals surface area contributed by atoms with E-state index in [1.807, 2.05) is 41.6 Å². The van der Waals surface area contributed by atoms with Gasteiger partial charge in [-0.05, 0) is 41.6 Å². The minimum Gasteiger partial charge on any atom is -0.293 e. The Kier molecular flexibility index (Phi) is 3.66. The van der Waals surface area contributed by atoms with Crippen molar-refractivity contribution in [2.45, 2.75) is 13.5 Å². The molecule has 6 heteroatoms. The summed E-state index contributed by atoms with van der Waals surface area (Å²) >= 11 is 9.34. The molecule has 0 saturated heterocycles. The topological polar surface area (TPSA) is 34.9 Å². The van der Waals surface area contributed by atoms with E-state index < -0.39 is 0 Å². The van der Waals surface area contributed by atoms with Gasteiger partial charge in [0.15, 0.2) is 0 Å². The van der Waals surface area contributed by atoms with Gasteiger partial charge in [0.2, 0.25) is 0 Å². The first-order chi connectivity index (χ1) is 7.58. The largest absolute Gasteiger partial charge is 0.293 e. The van der Waals surface area contributed by atoms with Crippen molar-refractivity contribution in [1.82, 2.24) is 9.55 Å². The van der Waals surface area contributed by atoms with Crippen LogP contribution in [0.4, 0.5) is 0 Å². The van der Waals surface area contributed by atoms with Crippen molar-refractivity contribution in [2.75, 3.05) is 0 Å². The van der Waals surface area contributed by atoms with E-state index in [4.69, 9.17) is 11.6 Å². The number of halogens is 2. The molecule has 2 rings (SSSR count). The van der Waals surface area contributed by atoms with Gasteiger partial charge in [0, 0.05) is 4.88 Å². The van der Waals surface area contributed by atoms with Crippen LogP contribution in [-0.2, 0) is 6.54 Å². The standard InChI is InChI=1S/C10H8ClIN2OS/c1-6-9(12)10(15)14(5-13-6)4-7-2-3-8(11)16-7/h2-3,5H,4H2,1H3. The van der Waals surface area contributed by atoms with Gasteiger partial charge in [-0.3, -0.25) is 9.36 Å². The van der Waals surface area contributed by atoms with Crippen LogP contribution in [0, 0.1) is 10.5 Å². The molecule has 0 amide bonds. The lowest BCUT2D eigenvalue weighted by atomic mass is 10.4. The molecule has 0 saturated carbocycles. The molecule has 0 radical (unpaired) electrons.